The van der Waals surface area contributed by atoms with Crippen molar-refractivity contribution in [2.75, 3.05) is 39.3 Å². The Kier molecular flexibility index (Phi) is 11.1. The molecule has 1 fully saturated rings. The van der Waals surface area contributed by atoms with Gasteiger partial charge in [0.25, 0.3) is 0 Å². The molecule has 0 N–H and O–H groups in total. The van der Waals surface area contributed by atoms with Crippen molar-refractivity contribution in [1.82, 2.24) is 9.80 Å². The topological polar surface area (TPSA) is 40.6 Å². The van der Waals surface area contributed by atoms with Crippen molar-refractivity contribution in [3.05, 3.63) is 35.4 Å². The van der Waals surface area contributed by atoms with Crippen molar-refractivity contribution in [1.29, 1.82) is 0 Å². The summed E-state index contributed by atoms with van der Waals surface area (Å²) >= 11 is 0. The summed E-state index contributed by atoms with van der Waals surface area (Å²) in [5.74, 6) is -0.137. The Morgan fingerprint density at radius 1 is 0.769 bits per heavy atom. The number of carbonyl (C=O) groups excluding carboxylic acids is 2. The minimum absolute atomic E-state index is 0.0687. The van der Waals surface area contributed by atoms with Crippen LogP contribution in [0.1, 0.15) is 74.1 Å². The molecule has 1 saturated heterocycles. The van der Waals surface area contributed by atoms with E-state index < -0.39 is 0 Å². The predicted octanol–water partition coefficient (Wildman–Crippen LogP) is 4.30. The quantitative estimate of drug-likeness (QED) is 0.648. The highest BCUT2D eigenvalue weighted by Crippen LogP contribution is 2.09. The first-order valence-electron chi connectivity index (χ1n) is 10.0. The predicted molar refractivity (Wildman–Crippen MR) is 109 cm³/mol. The highest BCUT2D eigenvalue weighted by molar-refractivity contribution is 6.07. The van der Waals surface area contributed by atoms with Gasteiger partial charge >= 0.3 is 0 Å². The summed E-state index contributed by atoms with van der Waals surface area (Å²) in [7, 11) is 0. The van der Waals surface area contributed by atoms with E-state index in [1.54, 1.807) is 24.3 Å². The Bertz CT molecular complexity index is 500. The largest absolute Gasteiger partial charge is 0.301 e. The zero-order chi connectivity index (χ0) is 19.4. The van der Waals surface area contributed by atoms with Crippen molar-refractivity contribution in [2.24, 2.45) is 0 Å². The highest BCUT2D eigenvalue weighted by atomic mass is 16.1. The molecule has 1 heterocycles. The van der Waals surface area contributed by atoms with Gasteiger partial charge < -0.3 is 9.80 Å². The normalized spacial score (nSPS) is 15.2. The molecular weight excluding hydrogens is 324 g/mol. The minimum atomic E-state index is -0.0687. The molecule has 0 bridgehead atoms. The number of nitrogens with zero attached hydrogens (tertiary/aromatic N) is 2. The second kappa shape index (κ2) is 12.8. The number of rotatable bonds is 8. The van der Waals surface area contributed by atoms with Crippen LogP contribution in [-0.4, -0.2) is 60.6 Å². The Morgan fingerprint density at radius 3 is 1.38 bits per heavy atom. The van der Waals surface area contributed by atoms with Crippen LogP contribution in [-0.2, 0) is 0 Å². The van der Waals surface area contributed by atoms with E-state index in [-0.39, 0.29) is 11.6 Å². The summed E-state index contributed by atoms with van der Waals surface area (Å²) in [5, 5.41) is 0. The second-order valence-electron chi connectivity index (χ2n) is 7.05. The summed E-state index contributed by atoms with van der Waals surface area (Å²) < 4.78 is 0. The summed E-state index contributed by atoms with van der Waals surface area (Å²) in [4.78, 5) is 27.3. The second-order valence-corrected chi connectivity index (χ2v) is 7.05. The zero-order valence-electron chi connectivity index (χ0n) is 17.1. The van der Waals surface area contributed by atoms with E-state index in [1.165, 1.54) is 78.8 Å². The molecule has 0 radical (unpaired) electrons. The van der Waals surface area contributed by atoms with Crippen molar-refractivity contribution in [2.45, 2.75) is 53.4 Å². The van der Waals surface area contributed by atoms with Gasteiger partial charge in [-0.25, -0.2) is 0 Å². The molecule has 4 heteroatoms. The Hall–Kier alpha value is -1.52. The van der Waals surface area contributed by atoms with Gasteiger partial charge in [-0.1, -0.05) is 51.0 Å². The lowest BCUT2D eigenvalue weighted by molar-refractivity contribution is 0.0981. The molecule has 0 atom stereocenters. The van der Waals surface area contributed by atoms with E-state index >= 15 is 0 Å². The number of unbranched alkanes of at least 4 members (excludes halogenated alkanes) is 2. The van der Waals surface area contributed by atoms with Crippen LogP contribution in [0.5, 0.6) is 0 Å². The fraction of sp³-hybridized carbons (Fsp3) is 0.636. The highest BCUT2D eigenvalue weighted by Gasteiger charge is 2.15. The lowest BCUT2D eigenvalue weighted by atomic mass is 10.0. The van der Waals surface area contributed by atoms with Gasteiger partial charge in [0.05, 0.1) is 0 Å². The number of piperazine rings is 1. The molecule has 0 spiro atoms. The van der Waals surface area contributed by atoms with Crippen molar-refractivity contribution >= 4 is 11.6 Å². The lowest BCUT2D eigenvalue weighted by Crippen LogP contribution is -2.46. The monoisotopic (exact) mass is 360 g/mol. The number of hydrogen-bond donors (Lipinski definition) is 0. The summed E-state index contributed by atoms with van der Waals surface area (Å²) in [5.41, 5.74) is 1.01. The van der Waals surface area contributed by atoms with Crippen molar-refractivity contribution in [3.63, 3.8) is 0 Å². The molecule has 0 aliphatic carbocycles. The molecule has 1 aromatic rings. The summed E-state index contributed by atoms with van der Waals surface area (Å²) in [6, 6.07) is 6.84. The van der Waals surface area contributed by atoms with Gasteiger partial charge in [0.1, 0.15) is 0 Å². The van der Waals surface area contributed by atoms with Crippen molar-refractivity contribution < 1.29 is 9.59 Å². The van der Waals surface area contributed by atoms with Gasteiger partial charge in [0, 0.05) is 37.3 Å². The fourth-order valence-electron chi connectivity index (χ4n) is 3.10. The molecule has 1 aliphatic rings. The van der Waals surface area contributed by atoms with Gasteiger partial charge in [-0.15, -0.1) is 0 Å². The molecule has 0 aromatic heterocycles. The maximum absolute atomic E-state index is 11.0. The van der Waals surface area contributed by atoms with Crippen LogP contribution in [0, 0.1) is 0 Å². The first-order chi connectivity index (χ1) is 12.5. The van der Waals surface area contributed by atoms with Crippen LogP contribution < -0.4 is 0 Å². The third kappa shape index (κ3) is 8.24. The molecule has 1 aliphatic heterocycles. The maximum atomic E-state index is 11.0. The Morgan fingerprint density at radius 2 is 1.12 bits per heavy atom. The molecule has 2 rings (SSSR count). The Labute approximate surface area is 159 Å². The smallest absolute Gasteiger partial charge is 0.160 e. The third-order valence-electron chi connectivity index (χ3n) is 4.81. The van der Waals surface area contributed by atoms with E-state index in [2.05, 4.69) is 23.6 Å². The van der Waals surface area contributed by atoms with E-state index in [1.807, 2.05) is 0 Å². The van der Waals surface area contributed by atoms with Gasteiger partial charge in [-0.05, 0) is 39.8 Å². The third-order valence-corrected chi connectivity index (χ3v) is 4.81. The summed E-state index contributed by atoms with van der Waals surface area (Å²) in [6.07, 6.45) is 5.40. The number of ketones is 2. The van der Waals surface area contributed by atoms with Crippen LogP contribution >= 0.6 is 0 Å². The van der Waals surface area contributed by atoms with E-state index in [0.717, 1.165) is 0 Å². The molecule has 0 amide bonds. The number of Topliss-reactive ketones (excluding diaryl/α,β-unsaturated/α-hetero) is 2. The maximum Gasteiger partial charge on any atom is 0.160 e. The van der Waals surface area contributed by atoms with Gasteiger partial charge in [0.2, 0.25) is 0 Å². The first-order valence-corrected chi connectivity index (χ1v) is 10.0. The average Bonchev–Trinajstić information content (AvgIpc) is 2.66. The number of hydrogen-bond acceptors (Lipinski definition) is 4. The van der Waals surface area contributed by atoms with Gasteiger partial charge in [0.15, 0.2) is 11.6 Å². The standard InChI is InChI=1S/C12H26N2.C10H10O2/c1-3-5-7-13-9-11-14(12-10-13)8-6-4-2;1-7(11)9-5-3-4-6-10(9)8(2)12/h3-12H2,1-2H3;3-6H,1-2H3. The number of carbonyl (C=O) groups is 2. The molecule has 146 valence electrons. The van der Waals surface area contributed by atoms with Gasteiger partial charge in [-0.3, -0.25) is 9.59 Å². The average molecular weight is 361 g/mol. The minimum Gasteiger partial charge on any atom is -0.301 e. The SMILES string of the molecule is CC(=O)c1ccccc1C(C)=O.CCCCN1CCN(CCCC)CC1. The van der Waals surface area contributed by atoms with Crippen LogP contribution in [0.15, 0.2) is 24.3 Å². The van der Waals surface area contributed by atoms with E-state index in [9.17, 15) is 9.59 Å². The fourth-order valence-corrected chi connectivity index (χ4v) is 3.10. The number of benzene rings is 1. The first kappa shape index (κ1) is 22.5. The van der Waals surface area contributed by atoms with Crippen LogP contribution in [0.2, 0.25) is 0 Å². The van der Waals surface area contributed by atoms with Crippen LogP contribution in [0.4, 0.5) is 0 Å². The Balaban J connectivity index is 0.000000263. The lowest BCUT2D eigenvalue weighted by Gasteiger charge is -2.34. The van der Waals surface area contributed by atoms with E-state index in [4.69, 9.17) is 0 Å². The van der Waals surface area contributed by atoms with E-state index in [0.29, 0.717) is 11.1 Å². The molecule has 26 heavy (non-hydrogen) atoms. The molecular formula is C22H36N2O2. The molecule has 0 saturated carbocycles. The van der Waals surface area contributed by atoms with Crippen LogP contribution in [0.25, 0.3) is 0 Å². The van der Waals surface area contributed by atoms with Gasteiger partial charge in [-0.2, -0.15) is 0 Å². The molecule has 4 nitrogen and oxygen atoms in total. The van der Waals surface area contributed by atoms with Crippen LogP contribution in [0.3, 0.4) is 0 Å². The zero-order valence-corrected chi connectivity index (χ0v) is 17.1. The van der Waals surface area contributed by atoms with Crippen molar-refractivity contribution in [3.8, 4) is 0 Å². The molecule has 1 aromatic carbocycles. The molecule has 0 unspecified atom stereocenters. The summed E-state index contributed by atoms with van der Waals surface area (Å²) in [6.45, 7) is 15.3.